The summed E-state index contributed by atoms with van der Waals surface area (Å²) in [5.41, 5.74) is 3.73. The van der Waals surface area contributed by atoms with Gasteiger partial charge in [0, 0.05) is 12.6 Å². The van der Waals surface area contributed by atoms with E-state index in [1.165, 1.54) is 0 Å². The van der Waals surface area contributed by atoms with E-state index in [-0.39, 0.29) is 5.78 Å². The number of aryl methyl sites for hydroxylation is 3. The second-order valence-electron chi connectivity index (χ2n) is 4.60. The van der Waals surface area contributed by atoms with Gasteiger partial charge in [0.05, 0.1) is 22.3 Å². The van der Waals surface area contributed by atoms with Crippen LogP contribution in [0.3, 0.4) is 0 Å². The molecule has 1 heterocycles. The Morgan fingerprint density at radius 3 is 2.63 bits per heavy atom. The van der Waals surface area contributed by atoms with E-state index in [0.29, 0.717) is 6.42 Å². The number of aromatic nitrogens is 2. The number of benzene rings is 1. The van der Waals surface area contributed by atoms with Gasteiger partial charge in [-0.05, 0) is 34.8 Å². The number of nitrogens with zero attached hydrogens (tertiary/aromatic N) is 2. The van der Waals surface area contributed by atoms with Gasteiger partial charge in [-0.1, -0.05) is 31.2 Å². The predicted molar refractivity (Wildman–Crippen MR) is 79.5 cm³/mol. The van der Waals surface area contributed by atoms with E-state index in [1.807, 2.05) is 38.2 Å². The minimum Gasteiger partial charge on any atom is -0.294 e. The standard InChI is InChI=1S/C15H17BrN2O/c1-4-12-15(16)13(18(3)17-12)9-14(19)11-8-6-5-7-10(11)2/h5-8H,4,9H2,1-3H3. The summed E-state index contributed by atoms with van der Waals surface area (Å²) in [6, 6.07) is 7.68. The molecule has 0 saturated heterocycles. The van der Waals surface area contributed by atoms with Crippen molar-refractivity contribution in [1.82, 2.24) is 9.78 Å². The van der Waals surface area contributed by atoms with Crippen molar-refractivity contribution < 1.29 is 4.79 Å². The van der Waals surface area contributed by atoms with E-state index < -0.39 is 0 Å². The third-order valence-electron chi connectivity index (χ3n) is 3.28. The van der Waals surface area contributed by atoms with E-state index in [1.54, 1.807) is 4.68 Å². The van der Waals surface area contributed by atoms with Gasteiger partial charge in [-0.25, -0.2) is 0 Å². The second-order valence-corrected chi connectivity index (χ2v) is 5.39. The summed E-state index contributed by atoms with van der Waals surface area (Å²) in [6.07, 6.45) is 1.22. The Balaban J connectivity index is 2.30. The highest BCUT2D eigenvalue weighted by molar-refractivity contribution is 9.10. The van der Waals surface area contributed by atoms with Gasteiger partial charge in [0.2, 0.25) is 0 Å². The molecule has 0 aliphatic rings. The lowest BCUT2D eigenvalue weighted by Crippen LogP contribution is -2.09. The molecule has 1 aromatic carbocycles. The van der Waals surface area contributed by atoms with Crippen molar-refractivity contribution in [2.24, 2.45) is 7.05 Å². The number of rotatable bonds is 4. The van der Waals surface area contributed by atoms with E-state index in [0.717, 1.165) is 33.4 Å². The highest BCUT2D eigenvalue weighted by Gasteiger charge is 2.17. The van der Waals surface area contributed by atoms with Crippen LogP contribution in [0.25, 0.3) is 0 Å². The van der Waals surface area contributed by atoms with Crippen molar-refractivity contribution in [2.45, 2.75) is 26.7 Å². The Hall–Kier alpha value is -1.42. The average Bonchev–Trinajstić information content (AvgIpc) is 2.66. The fraction of sp³-hybridized carbons (Fsp3) is 0.333. The molecule has 0 saturated carbocycles. The predicted octanol–water partition coefficient (Wildman–Crippen LogP) is 3.48. The van der Waals surface area contributed by atoms with Crippen LogP contribution in [0.4, 0.5) is 0 Å². The van der Waals surface area contributed by atoms with Crippen molar-refractivity contribution in [3.8, 4) is 0 Å². The lowest BCUT2D eigenvalue weighted by Gasteiger charge is -2.05. The molecule has 0 aliphatic heterocycles. The van der Waals surface area contributed by atoms with Gasteiger partial charge in [0.1, 0.15) is 0 Å². The zero-order chi connectivity index (χ0) is 14.0. The van der Waals surface area contributed by atoms with Gasteiger partial charge in [-0.2, -0.15) is 5.10 Å². The molecular weight excluding hydrogens is 304 g/mol. The first-order chi connectivity index (χ1) is 9.04. The van der Waals surface area contributed by atoms with Crippen molar-refractivity contribution in [3.05, 3.63) is 51.3 Å². The Labute approximate surface area is 121 Å². The fourth-order valence-corrected chi connectivity index (χ4v) is 2.90. The van der Waals surface area contributed by atoms with E-state index >= 15 is 0 Å². The van der Waals surface area contributed by atoms with Crippen LogP contribution in [0, 0.1) is 6.92 Å². The molecule has 0 unspecified atom stereocenters. The van der Waals surface area contributed by atoms with Crippen LogP contribution in [0.2, 0.25) is 0 Å². The number of carbonyl (C=O) groups excluding carboxylic acids is 1. The molecule has 0 aliphatic carbocycles. The Bertz CT molecular complexity index is 617. The number of hydrogen-bond donors (Lipinski definition) is 0. The SMILES string of the molecule is CCc1nn(C)c(CC(=O)c2ccccc2C)c1Br. The normalized spacial score (nSPS) is 10.7. The van der Waals surface area contributed by atoms with Crippen LogP contribution in [0.15, 0.2) is 28.7 Å². The highest BCUT2D eigenvalue weighted by Crippen LogP contribution is 2.23. The quantitative estimate of drug-likeness (QED) is 0.808. The maximum absolute atomic E-state index is 12.4. The molecule has 0 bridgehead atoms. The van der Waals surface area contributed by atoms with Gasteiger partial charge < -0.3 is 0 Å². The number of carbonyl (C=O) groups is 1. The molecule has 3 nitrogen and oxygen atoms in total. The Morgan fingerprint density at radius 1 is 1.37 bits per heavy atom. The third kappa shape index (κ3) is 2.78. The van der Waals surface area contributed by atoms with Gasteiger partial charge in [0.15, 0.2) is 5.78 Å². The van der Waals surface area contributed by atoms with E-state index in [9.17, 15) is 4.79 Å². The van der Waals surface area contributed by atoms with E-state index in [4.69, 9.17) is 0 Å². The molecule has 19 heavy (non-hydrogen) atoms. The molecule has 0 spiro atoms. The van der Waals surface area contributed by atoms with Gasteiger partial charge in [-0.15, -0.1) is 0 Å². The molecule has 2 aromatic rings. The van der Waals surface area contributed by atoms with E-state index in [2.05, 4.69) is 28.0 Å². The minimum absolute atomic E-state index is 0.129. The van der Waals surface area contributed by atoms with Crippen LogP contribution in [0.1, 0.15) is 34.2 Å². The lowest BCUT2D eigenvalue weighted by atomic mass is 10.0. The van der Waals surface area contributed by atoms with Crippen molar-refractivity contribution in [1.29, 1.82) is 0 Å². The third-order valence-corrected chi connectivity index (χ3v) is 4.19. The molecule has 1 aromatic heterocycles. The minimum atomic E-state index is 0.129. The first-order valence-electron chi connectivity index (χ1n) is 6.33. The molecule has 0 radical (unpaired) electrons. The molecule has 0 N–H and O–H groups in total. The van der Waals surface area contributed by atoms with Crippen LogP contribution in [-0.2, 0) is 19.9 Å². The highest BCUT2D eigenvalue weighted by atomic mass is 79.9. The van der Waals surface area contributed by atoms with Crippen LogP contribution < -0.4 is 0 Å². The molecule has 0 fully saturated rings. The number of ketones is 1. The zero-order valence-electron chi connectivity index (χ0n) is 11.4. The molecule has 2 rings (SSSR count). The topological polar surface area (TPSA) is 34.9 Å². The summed E-state index contributed by atoms with van der Waals surface area (Å²) in [4.78, 5) is 12.4. The second kappa shape index (κ2) is 5.70. The smallest absolute Gasteiger partial charge is 0.169 e. The van der Waals surface area contributed by atoms with Gasteiger partial charge in [-0.3, -0.25) is 9.48 Å². The molecule has 4 heteroatoms. The van der Waals surface area contributed by atoms with Crippen LogP contribution in [0.5, 0.6) is 0 Å². The summed E-state index contributed by atoms with van der Waals surface area (Å²) in [6.45, 7) is 4.02. The summed E-state index contributed by atoms with van der Waals surface area (Å²) < 4.78 is 2.75. The molecular formula is C15H17BrN2O. The number of halogens is 1. The zero-order valence-corrected chi connectivity index (χ0v) is 13.0. The number of hydrogen-bond acceptors (Lipinski definition) is 2. The average molecular weight is 321 g/mol. The Kier molecular flexibility index (Phi) is 4.20. The molecule has 0 atom stereocenters. The largest absolute Gasteiger partial charge is 0.294 e. The summed E-state index contributed by atoms with van der Waals surface area (Å²) in [5, 5.41) is 4.42. The van der Waals surface area contributed by atoms with Crippen molar-refractivity contribution in [3.63, 3.8) is 0 Å². The van der Waals surface area contributed by atoms with Crippen LogP contribution in [-0.4, -0.2) is 15.6 Å². The monoisotopic (exact) mass is 320 g/mol. The van der Waals surface area contributed by atoms with Crippen molar-refractivity contribution in [2.75, 3.05) is 0 Å². The maximum atomic E-state index is 12.4. The fourth-order valence-electron chi connectivity index (χ4n) is 2.14. The molecule has 0 amide bonds. The summed E-state index contributed by atoms with van der Waals surface area (Å²) in [7, 11) is 1.88. The van der Waals surface area contributed by atoms with Gasteiger partial charge in [0.25, 0.3) is 0 Å². The van der Waals surface area contributed by atoms with Gasteiger partial charge >= 0.3 is 0 Å². The first kappa shape index (κ1) is 14.0. The maximum Gasteiger partial charge on any atom is 0.169 e. The number of Topliss-reactive ketones (excluding diaryl/α,β-unsaturated/α-hetero) is 1. The first-order valence-corrected chi connectivity index (χ1v) is 7.13. The van der Waals surface area contributed by atoms with Crippen LogP contribution >= 0.6 is 15.9 Å². The van der Waals surface area contributed by atoms with Crippen molar-refractivity contribution >= 4 is 21.7 Å². The summed E-state index contributed by atoms with van der Waals surface area (Å²) in [5.74, 6) is 0.129. The Morgan fingerprint density at radius 2 is 2.05 bits per heavy atom. The molecule has 100 valence electrons. The lowest BCUT2D eigenvalue weighted by molar-refractivity contribution is 0.0990. The summed E-state index contributed by atoms with van der Waals surface area (Å²) >= 11 is 3.55.